The lowest BCUT2D eigenvalue weighted by Crippen LogP contribution is -2.13. The fourth-order valence-corrected chi connectivity index (χ4v) is 7.88. The summed E-state index contributed by atoms with van der Waals surface area (Å²) in [6, 6.07) is 45.6. The number of pyridine rings is 3. The number of nitrogens with zero attached hydrogens (tertiary/aromatic N) is 3. The standard InChI is InChI=1S/C48H38N4/c1-3-7-32-11-12-33-21-23-43(52-48(33)47(32)49)39-18-16-34-26-38(17-15-35(34)27-39)41-22-19-30-9-13-36(28-42(30)40(41)4-2)37-14-10-31-20-24-45(51-46(31)29-37)44-8-5-6-25-50-44/h3,5-29,40-41H,4,49H2,1-2H3/b7-3-. The van der Waals surface area contributed by atoms with Gasteiger partial charge >= 0.3 is 0 Å². The van der Waals surface area contributed by atoms with Crippen LogP contribution in [-0.4, -0.2) is 15.0 Å². The Morgan fingerprint density at radius 3 is 2.27 bits per heavy atom. The van der Waals surface area contributed by atoms with Crippen LogP contribution in [0.3, 0.4) is 0 Å². The lowest BCUT2D eigenvalue weighted by molar-refractivity contribution is 0.594. The third-order valence-electron chi connectivity index (χ3n) is 10.6. The molecule has 1 aliphatic rings. The minimum Gasteiger partial charge on any atom is -0.396 e. The lowest BCUT2D eigenvalue weighted by atomic mass is 9.74. The van der Waals surface area contributed by atoms with E-state index in [1.807, 2.05) is 49.5 Å². The van der Waals surface area contributed by atoms with Crippen LogP contribution in [0.15, 0.2) is 146 Å². The molecule has 4 nitrogen and oxygen atoms in total. The van der Waals surface area contributed by atoms with Crippen LogP contribution in [0.5, 0.6) is 0 Å². The molecule has 8 aromatic rings. The second-order valence-electron chi connectivity index (χ2n) is 13.7. The number of aromatic nitrogens is 3. The predicted molar refractivity (Wildman–Crippen MR) is 219 cm³/mol. The Balaban J connectivity index is 1.02. The van der Waals surface area contributed by atoms with Gasteiger partial charge in [0.15, 0.2) is 0 Å². The summed E-state index contributed by atoms with van der Waals surface area (Å²) in [5.74, 6) is 0.651. The zero-order valence-electron chi connectivity index (χ0n) is 29.3. The van der Waals surface area contributed by atoms with Gasteiger partial charge in [-0.1, -0.05) is 122 Å². The Kier molecular flexibility index (Phi) is 7.93. The van der Waals surface area contributed by atoms with Crippen LogP contribution in [0.1, 0.15) is 54.4 Å². The summed E-state index contributed by atoms with van der Waals surface area (Å²) in [6.07, 6.45) is 11.6. The first-order valence-electron chi connectivity index (χ1n) is 18.1. The molecule has 2 unspecified atom stereocenters. The predicted octanol–water partition coefficient (Wildman–Crippen LogP) is 12.3. The summed E-state index contributed by atoms with van der Waals surface area (Å²) in [5, 5.41) is 4.60. The van der Waals surface area contributed by atoms with E-state index in [2.05, 4.69) is 127 Å². The van der Waals surface area contributed by atoms with Crippen molar-refractivity contribution < 1.29 is 0 Å². The number of rotatable bonds is 6. The first-order chi connectivity index (χ1) is 25.6. The summed E-state index contributed by atoms with van der Waals surface area (Å²) in [6.45, 7) is 4.31. The topological polar surface area (TPSA) is 64.7 Å². The highest BCUT2D eigenvalue weighted by Crippen LogP contribution is 2.44. The number of allylic oxidation sites excluding steroid dienone is 2. The maximum Gasteiger partial charge on any atom is 0.0944 e. The SMILES string of the molecule is C/C=C\c1ccc2ccc(-c3ccc4cc(C5C=Cc6ccc(-c7ccc8ccc(-c9ccccn9)nc8c7)cc6C5CC)ccc4c3)nc2c1N. The van der Waals surface area contributed by atoms with Crippen LogP contribution < -0.4 is 5.73 Å². The molecule has 3 aromatic heterocycles. The van der Waals surface area contributed by atoms with Crippen molar-refractivity contribution in [3.8, 4) is 33.8 Å². The van der Waals surface area contributed by atoms with Crippen LogP contribution >= 0.6 is 0 Å². The maximum absolute atomic E-state index is 6.54. The van der Waals surface area contributed by atoms with Crippen molar-refractivity contribution in [2.24, 2.45) is 0 Å². The zero-order chi connectivity index (χ0) is 35.2. The molecule has 0 fully saturated rings. The molecule has 250 valence electrons. The number of hydrogen-bond acceptors (Lipinski definition) is 4. The molecule has 5 aromatic carbocycles. The molecule has 4 heteroatoms. The van der Waals surface area contributed by atoms with Gasteiger partial charge < -0.3 is 5.73 Å². The van der Waals surface area contributed by atoms with Gasteiger partial charge in [-0.15, -0.1) is 0 Å². The quantitative estimate of drug-likeness (QED) is 0.179. The molecular formula is C48H38N4. The normalized spacial score (nSPS) is 15.5. The van der Waals surface area contributed by atoms with Crippen LogP contribution in [0.2, 0.25) is 0 Å². The van der Waals surface area contributed by atoms with Gasteiger partial charge in [0.05, 0.1) is 33.8 Å². The van der Waals surface area contributed by atoms with Gasteiger partial charge in [-0.3, -0.25) is 4.98 Å². The molecule has 1 aliphatic carbocycles. The summed E-state index contributed by atoms with van der Waals surface area (Å²) in [7, 11) is 0. The molecule has 0 amide bonds. The van der Waals surface area contributed by atoms with E-state index in [1.165, 1.54) is 38.6 Å². The Hall–Kier alpha value is -6.39. The molecule has 0 bridgehead atoms. The smallest absolute Gasteiger partial charge is 0.0944 e. The lowest BCUT2D eigenvalue weighted by Gasteiger charge is -2.30. The van der Waals surface area contributed by atoms with Crippen LogP contribution in [0, 0.1) is 0 Å². The fourth-order valence-electron chi connectivity index (χ4n) is 7.88. The van der Waals surface area contributed by atoms with Gasteiger partial charge in [-0.2, -0.15) is 0 Å². The van der Waals surface area contributed by atoms with Crippen LogP contribution in [0.25, 0.3) is 78.5 Å². The number of nitrogen functional groups attached to an aromatic ring is 1. The van der Waals surface area contributed by atoms with E-state index in [9.17, 15) is 0 Å². The van der Waals surface area contributed by atoms with E-state index in [-0.39, 0.29) is 5.92 Å². The minimum absolute atomic E-state index is 0.285. The third kappa shape index (κ3) is 5.63. The summed E-state index contributed by atoms with van der Waals surface area (Å²) in [4.78, 5) is 14.5. The van der Waals surface area contributed by atoms with Gasteiger partial charge in [0.2, 0.25) is 0 Å². The Morgan fingerprint density at radius 1 is 0.654 bits per heavy atom. The first kappa shape index (κ1) is 31.6. The van der Waals surface area contributed by atoms with Crippen LogP contribution in [0.4, 0.5) is 5.69 Å². The van der Waals surface area contributed by atoms with Crippen molar-refractivity contribution in [1.29, 1.82) is 0 Å². The van der Waals surface area contributed by atoms with Gasteiger partial charge in [-0.05, 0) is 99.8 Å². The molecule has 2 N–H and O–H groups in total. The van der Waals surface area contributed by atoms with E-state index in [4.69, 9.17) is 15.7 Å². The molecule has 9 rings (SSSR count). The Morgan fingerprint density at radius 2 is 1.40 bits per heavy atom. The Bertz CT molecular complexity index is 2710. The first-order valence-corrected chi connectivity index (χ1v) is 18.1. The van der Waals surface area contributed by atoms with Crippen LogP contribution in [-0.2, 0) is 0 Å². The summed E-state index contributed by atoms with van der Waals surface area (Å²) in [5.41, 5.74) is 20.3. The molecule has 0 spiro atoms. The van der Waals surface area contributed by atoms with Crippen molar-refractivity contribution in [3.05, 3.63) is 168 Å². The monoisotopic (exact) mass is 670 g/mol. The molecule has 0 saturated carbocycles. The number of benzene rings is 5. The highest BCUT2D eigenvalue weighted by Gasteiger charge is 2.27. The number of hydrogen-bond donors (Lipinski definition) is 1. The number of fused-ring (bicyclic) bond motifs is 4. The summed E-state index contributed by atoms with van der Waals surface area (Å²) < 4.78 is 0. The molecule has 3 heterocycles. The van der Waals surface area contributed by atoms with Crippen molar-refractivity contribution in [3.63, 3.8) is 0 Å². The Labute approximate surface area is 304 Å². The van der Waals surface area contributed by atoms with E-state index in [0.29, 0.717) is 11.6 Å². The van der Waals surface area contributed by atoms with Gasteiger partial charge in [-0.25, -0.2) is 9.97 Å². The highest BCUT2D eigenvalue weighted by atomic mass is 14.8. The fraction of sp³-hybridized carbons (Fsp3) is 0.104. The average Bonchev–Trinajstić information content (AvgIpc) is 3.20. The third-order valence-corrected chi connectivity index (χ3v) is 10.6. The van der Waals surface area contributed by atoms with E-state index in [0.717, 1.165) is 56.4 Å². The van der Waals surface area contributed by atoms with Crippen molar-refractivity contribution in [2.45, 2.75) is 32.1 Å². The zero-order valence-corrected chi connectivity index (χ0v) is 29.3. The minimum atomic E-state index is 0.285. The van der Waals surface area contributed by atoms with Gasteiger partial charge in [0.25, 0.3) is 0 Å². The summed E-state index contributed by atoms with van der Waals surface area (Å²) >= 11 is 0. The average molecular weight is 671 g/mol. The van der Waals surface area contributed by atoms with Gasteiger partial charge in [0.1, 0.15) is 0 Å². The maximum atomic E-state index is 6.54. The molecule has 2 atom stereocenters. The number of anilines is 1. The number of nitrogens with two attached hydrogens (primary N) is 1. The second kappa shape index (κ2) is 13.1. The largest absolute Gasteiger partial charge is 0.396 e. The molecular weight excluding hydrogens is 633 g/mol. The van der Waals surface area contributed by atoms with E-state index in [1.54, 1.807) is 0 Å². The molecule has 52 heavy (non-hydrogen) atoms. The molecule has 0 aliphatic heterocycles. The molecule has 0 radical (unpaired) electrons. The van der Waals surface area contributed by atoms with Crippen molar-refractivity contribution in [1.82, 2.24) is 15.0 Å². The van der Waals surface area contributed by atoms with E-state index >= 15 is 0 Å². The second-order valence-corrected chi connectivity index (χ2v) is 13.7. The van der Waals surface area contributed by atoms with E-state index < -0.39 is 0 Å². The van der Waals surface area contributed by atoms with Crippen molar-refractivity contribution >= 4 is 50.4 Å². The highest BCUT2D eigenvalue weighted by molar-refractivity contribution is 5.96. The van der Waals surface area contributed by atoms with Gasteiger partial charge in [0, 0.05) is 28.5 Å². The molecule has 0 saturated heterocycles. The van der Waals surface area contributed by atoms with Crippen molar-refractivity contribution in [2.75, 3.05) is 5.73 Å².